The molecule has 0 saturated carbocycles. The molecule has 0 atom stereocenters. The first-order chi connectivity index (χ1) is 12.7. The van der Waals surface area contributed by atoms with Gasteiger partial charge in [0.25, 0.3) is 20.0 Å². The molecule has 1 fully saturated rings. The second-order valence-electron chi connectivity index (χ2n) is 6.09. The van der Waals surface area contributed by atoms with Crippen molar-refractivity contribution in [3.63, 3.8) is 0 Å². The Morgan fingerprint density at radius 2 is 1.74 bits per heavy atom. The molecule has 10 heteroatoms. The van der Waals surface area contributed by atoms with Crippen LogP contribution in [-0.4, -0.2) is 41.2 Å². The molecule has 144 valence electrons. The van der Waals surface area contributed by atoms with E-state index in [1.807, 2.05) is 4.90 Å². The van der Waals surface area contributed by atoms with Crippen LogP contribution in [0.5, 0.6) is 0 Å². The first-order valence-electron chi connectivity index (χ1n) is 8.11. The molecule has 2 aromatic rings. The maximum absolute atomic E-state index is 12.4. The number of benzene rings is 2. The topological polar surface area (TPSA) is 95.9 Å². The van der Waals surface area contributed by atoms with Crippen LogP contribution in [0, 0.1) is 0 Å². The molecule has 0 bridgehead atoms. The van der Waals surface area contributed by atoms with Gasteiger partial charge in [0.15, 0.2) is 0 Å². The van der Waals surface area contributed by atoms with E-state index >= 15 is 0 Å². The summed E-state index contributed by atoms with van der Waals surface area (Å²) in [5.74, 6) is 0.537. The van der Waals surface area contributed by atoms with Crippen LogP contribution in [0.3, 0.4) is 0 Å². The van der Waals surface area contributed by atoms with Gasteiger partial charge in [0.1, 0.15) is 5.84 Å². The second kappa shape index (κ2) is 7.61. The lowest BCUT2D eigenvalue weighted by Gasteiger charge is -2.11. The lowest BCUT2D eigenvalue weighted by Crippen LogP contribution is -2.20. The summed E-state index contributed by atoms with van der Waals surface area (Å²) in [6, 6.07) is 11.8. The van der Waals surface area contributed by atoms with Crippen LogP contribution in [0.4, 0.5) is 5.69 Å². The van der Waals surface area contributed by atoms with Crippen molar-refractivity contribution in [2.45, 2.75) is 22.6 Å². The molecular weight excluding hydrogens is 454 g/mol. The summed E-state index contributed by atoms with van der Waals surface area (Å²) in [5, 5.41) is 0. The van der Waals surface area contributed by atoms with Gasteiger partial charge in [-0.2, -0.15) is 8.42 Å². The molecule has 1 aliphatic rings. The van der Waals surface area contributed by atoms with Crippen molar-refractivity contribution in [2.24, 2.45) is 4.40 Å². The fourth-order valence-corrected chi connectivity index (χ4v) is 5.39. The molecule has 0 aliphatic carbocycles. The van der Waals surface area contributed by atoms with Crippen LogP contribution in [0.2, 0.25) is 0 Å². The van der Waals surface area contributed by atoms with Gasteiger partial charge < -0.3 is 4.90 Å². The number of hydrogen-bond acceptors (Lipinski definition) is 4. The third-order valence-corrected chi connectivity index (χ3v) is 7.26. The van der Waals surface area contributed by atoms with Crippen LogP contribution < -0.4 is 4.72 Å². The van der Waals surface area contributed by atoms with Crippen molar-refractivity contribution in [3.8, 4) is 0 Å². The van der Waals surface area contributed by atoms with Gasteiger partial charge in [-0.05, 0) is 48.9 Å². The zero-order valence-corrected chi connectivity index (χ0v) is 17.7. The molecule has 1 saturated heterocycles. The van der Waals surface area contributed by atoms with Crippen LogP contribution in [0.15, 0.2) is 67.2 Å². The van der Waals surface area contributed by atoms with Crippen molar-refractivity contribution >= 4 is 47.5 Å². The average Bonchev–Trinajstić information content (AvgIpc) is 2.99. The normalized spacial score (nSPS) is 16.7. The number of hydrogen-bond donors (Lipinski definition) is 1. The Kier molecular flexibility index (Phi) is 5.59. The van der Waals surface area contributed by atoms with Crippen LogP contribution in [-0.2, 0) is 20.0 Å². The van der Waals surface area contributed by atoms with Gasteiger partial charge in [-0.1, -0.05) is 22.0 Å². The Balaban J connectivity index is 1.81. The number of amidine groups is 1. The molecule has 1 heterocycles. The highest BCUT2D eigenvalue weighted by Crippen LogP contribution is 2.22. The molecule has 7 nitrogen and oxygen atoms in total. The van der Waals surface area contributed by atoms with Crippen molar-refractivity contribution in [3.05, 3.63) is 53.0 Å². The Bertz CT molecular complexity index is 1080. The molecule has 3 rings (SSSR count). The minimum Gasteiger partial charge on any atom is -0.362 e. The molecule has 27 heavy (non-hydrogen) atoms. The van der Waals surface area contributed by atoms with Gasteiger partial charge in [0, 0.05) is 30.2 Å². The Morgan fingerprint density at radius 3 is 2.33 bits per heavy atom. The number of nitrogens with one attached hydrogen (secondary N) is 1. The summed E-state index contributed by atoms with van der Waals surface area (Å²) in [6.07, 6.45) is 1.50. The fraction of sp³-hybridized carbons (Fsp3) is 0.235. The largest absolute Gasteiger partial charge is 0.362 e. The zero-order valence-electron chi connectivity index (χ0n) is 14.5. The maximum Gasteiger partial charge on any atom is 0.283 e. The van der Waals surface area contributed by atoms with Gasteiger partial charge in [-0.3, -0.25) is 4.72 Å². The Labute approximate surface area is 167 Å². The van der Waals surface area contributed by atoms with E-state index in [9.17, 15) is 16.8 Å². The number of rotatable bonds is 5. The third kappa shape index (κ3) is 4.69. The molecule has 0 aromatic heterocycles. The molecule has 0 radical (unpaired) electrons. The molecule has 1 aliphatic heterocycles. The Hall–Kier alpha value is -1.91. The van der Waals surface area contributed by atoms with E-state index in [1.165, 1.54) is 36.4 Å². The van der Waals surface area contributed by atoms with Crippen molar-refractivity contribution < 1.29 is 16.8 Å². The SMILES string of the molecule is CN1CCCC1=NS(=O)(=O)c1ccc(NS(=O)(=O)c2cccc(Br)c2)cc1. The zero-order chi connectivity index (χ0) is 19.7. The summed E-state index contributed by atoms with van der Waals surface area (Å²) < 4.78 is 56.7. The molecule has 0 unspecified atom stereocenters. The minimum absolute atomic E-state index is 0.0145. The van der Waals surface area contributed by atoms with E-state index < -0.39 is 20.0 Å². The fourth-order valence-electron chi connectivity index (χ4n) is 2.64. The monoisotopic (exact) mass is 471 g/mol. The minimum atomic E-state index is -3.83. The summed E-state index contributed by atoms with van der Waals surface area (Å²) in [6.45, 7) is 0.782. The van der Waals surface area contributed by atoms with Gasteiger partial charge in [0.05, 0.1) is 9.79 Å². The predicted molar refractivity (Wildman–Crippen MR) is 108 cm³/mol. The summed E-state index contributed by atoms with van der Waals surface area (Å²) in [7, 11) is -5.80. The summed E-state index contributed by atoms with van der Waals surface area (Å²) in [4.78, 5) is 1.93. The van der Waals surface area contributed by atoms with Crippen molar-refractivity contribution in [1.29, 1.82) is 0 Å². The Morgan fingerprint density at radius 1 is 1.04 bits per heavy atom. The molecule has 0 spiro atoms. The highest BCUT2D eigenvalue weighted by molar-refractivity contribution is 9.10. The average molecular weight is 472 g/mol. The van der Waals surface area contributed by atoms with Crippen molar-refractivity contribution in [2.75, 3.05) is 18.3 Å². The highest BCUT2D eigenvalue weighted by Gasteiger charge is 2.20. The predicted octanol–water partition coefficient (Wildman–Crippen LogP) is 3.06. The van der Waals surface area contributed by atoms with Gasteiger partial charge >= 0.3 is 0 Å². The van der Waals surface area contributed by atoms with E-state index in [0.717, 1.165) is 13.0 Å². The third-order valence-electron chi connectivity index (χ3n) is 4.07. The molecular formula is C17H18BrN3O4S2. The number of nitrogens with zero attached hydrogens (tertiary/aromatic N) is 2. The van der Waals surface area contributed by atoms with Crippen LogP contribution >= 0.6 is 15.9 Å². The summed E-state index contributed by atoms with van der Waals surface area (Å²) >= 11 is 3.24. The first kappa shape index (κ1) is 19.8. The van der Waals surface area contributed by atoms with Gasteiger partial charge in [-0.15, -0.1) is 4.40 Å². The highest BCUT2D eigenvalue weighted by atomic mass is 79.9. The molecule has 2 aromatic carbocycles. The smallest absolute Gasteiger partial charge is 0.283 e. The van der Waals surface area contributed by atoms with Crippen molar-refractivity contribution in [1.82, 2.24) is 4.90 Å². The summed E-state index contributed by atoms with van der Waals surface area (Å²) in [5.41, 5.74) is 0.263. The standard InChI is InChI=1S/C17H18BrN3O4S2/c1-21-11-3-6-17(21)20-26(22,23)15-9-7-14(8-10-15)19-27(24,25)16-5-2-4-13(18)12-16/h2,4-5,7-10,12,19H,3,6,11H2,1H3. The number of likely N-dealkylation sites (tertiary alicyclic amines) is 1. The van der Waals surface area contributed by atoms with E-state index in [0.29, 0.717) is 16.7 Å². The van der Waals surface area contributed by atoms with Gasteiger partial charge in [-0.25, -0.2) is 8.42 Å². The number of sulfonamides is 2. The first-order valence-corrected chi connectivity index (χ1v) is 11.8. The maximum atomic E-state index is 12.4. The molecule has 0 amide bonds. The number of halogens is 1. The quantitative estimate of drug-likeness (QED) is 0.722. The van der Waals surface area contributed by atoms with Crippen LogP contribution in [0.25, 0.3) is 0 Å². The van der Waals surface area contributed by atoms with Gasteiger partial charge in [0.2, 0.25) is 0 Å². The lowest BCUT2D eigenvalue weighted by molar-refractivity contribution is 0.548. The van der Waals surface area contributed by atoms with E-state index in [4.69, 9.17) is 0 Å². The second-order valence-corrected chi connectivity index (χ2v) is 10.3. The van der Waals surface area contributed by atoms with E-state index in [1.54, 1.807) is 19.2 Å². The lowest BCUT2D eigenvalue weighted by atomic mass is 10.3. The van der Waals surface area contributed by atoms with Crippen LogP contribution in [0.1, 0.15) is 12.8 Å². The van der Waals surface area contributed by atoms with E-state index in [-0.39, 0.29) is 15.5 Å². The molecule has 1 N–H and O–H groups in total. The number of anilines is 1. The van der Waals surface area contributed by atoms with E-state index in [2.05, 4.69) is 25.0 Å².